The Morgan fingerprint density at radius 1 is 1.00 bits per heavy atom. The number of nitrogens with zero attached hydrogens (tertiary/aromatic N) is 2. The fourth-order valence-electron chi connectivity index (χ4n) is 8.37. The predicted molar refractivity (Wildman–Crippen MR) is 131 cm³/mol. The average molecular weight is 475 g/mol. The van der Waals surface area contributed by atoms with Crippen LogP contribution in [0.4, 0.5) is 0 Å². The molecule has 0 spiro atoms. The van der Waals surface area contributed by atoms with Gasteiger partial charge in [-0.3, -0.25) is 9.69 Å². The fourth-order valence-corrected chi connectivity index (χ4v) is 9.62. The molecule has 0 amide bonds. The van der Waals surface area contributed by atoms with Crippen molar-refractivity contribution in [2.45, 2.75) is 94.3 Å². The van der Waals surface area contributed by atoms with E-state index in [0.717, 1.165) is 50.3 Å². The Morgan fingerprint density at radius 3 is 2.36 bits per heavy atom. The summed E-state index contributed by atoms with van der Waals surface area (Å²) in [7, 11) is 3.59. The summed E-state index contributed by atoms with van der Waals surface area (Å²) in [6.07, 6.45) is 10.4. The standard InChI is InChI=1S/C27H42N2O3S/c1-16-6-8-17(9-7-16)24-20(15-28)25-19-14-22(32-3)21(31-2)13-18(19)10-11-29(25)26(24)27(30)23-5-4-12-33-23/h16-26H,4-14H2,1-3H3. The monoisotopic (exact) mass is 474 g/mol. The molecule has 3 aliphatic heterocycles. The van der Waals surface area contributed by atoms with Gasteiger partial charge in [0.15, 0.2) is 5.78 Å². The van der Waals surface area contributed by atoms with E-state index in [1.807, 2.05) is 11.8 Å². The normalized spacial score (nSPS) is 48.1. The van der Waals surface area contributed by atoms with E-state index in [2.05, 4.69) is 17.9 Å². The first-order chi connectivity index (χ1) is 16.1. The van der Waals surface area contributed by atoms with Gasteiger partial charge in [-0.1, -0.05) is 19.8 Å². The number of carbonyl (C=O) groups is 1. The number of fused-ring (bicyclic) bond motifs is 3. The molecule has 33 heavy (non-hydrogen) atoms. The van der Waals surface area contributed by atoms with Gasteiger partial charge in [-0.2, -0.15) is 17.0 Å². The van der Waals surface area contributed by atoms with E-state index in [1.54, 1.807) is 14.2 Å². The van der Waals surface area contributed by atoms with Crippen LogP contribution >= 0.6 is 11.8 Å². The van der Waals surface area contributed by atoms with Crippen molar-refractivity contribution in [1.29, 1.82) is 5.26 Å². The number of nitriles is 1. The zero-order valence-corrected chi connectivity index (χ0v) is 21.5. The number of methoxy groups -OCH3 is 2. The third kappa shape index (κ3) is 4.30. The van der Waals surface area contributed by atoms with Gasteiger partial charge in [0.2, 0.25) is 0 Å². The van der Waals surface area contributed by atoms with Crippen molar-refractivity contribution in [3.05, 3.63) is 0 Å². The molecule has 2 aliphatic carbocycles. The van der Waals surface area contributed by atoms with Crippen molar-refractivity contribution in [2.75, 3.05) is 26.5 Å². The minimum atomic E-state index is -0.0456. The molecule has 5 aliphatic rings. The number of carbonyl (C=O) groups excluding carboxylic acids is 1. The minimum absolute atomic E-state index is 0.0341. The molecule has 0 aromatic heterocycles. The van der Waals surface area contributed by atoms with Gasteiger partial charge in [-0.05, 0) is 80.9 Å². The zero-order valence-electron chi connectivity index (χ0n) is 20.7. The van der Waals surface area contributed by atoms with E-state index in [1.165, 1.54) is 25.7 Å². The number of hydrogen-bond acceptors (Lipinski definition) is 6. The third-order valence-electron chi connectivity index (χ3n) is 10.0. The van der Waals surface area contributed by atoms with Crippen molar-refractivity contribution in [3.8, 4) is 6.07 Å². The first kappa shape index (κ1) is 24.1. The Balaban J connectivity index is 1.48. The molecule has 0 bridgehead atoms. The summed E-state index contributed by atoms with van der Waals surface area (Å²) in [6, 6.07) is 2.97. The smallest absolute Gasteiger partial charge is 0.163 e. The summed E-state index contributed by atoms with van der Waals surface area (Å²) >= 11 is 1.87. The summed E-state index contributed by atoms with van der Waals surface area (Å²) in [6.45, 7) is 3.32. The molecule has 0 aromatic carbocycles. The highest BCUT2D eigenvalue weighted by molar-refractivity contribution is 8.00. The Hall–Kier alpha value is -0.610. The lowest BCUT2D eigenvalue weighted by molar-refractivity contribution is -0.130. The van der Waals surface area contributed by atoms with Crippen LogP contribution in [0.2, 0.25) is 0 Å². The Labute approximate surface area is 204 Å². The van der Waals surface area contributed by atoms with Gasteiger partial charge in [-0.25, -0.2) is 0 Å². The summed E-state index contributed by atoms with van der Waals surface area (Å²) in [5.41, 5.74) is 0. The lowest BCUT2D eigenvalue weighted by Crippen LogP contribution is -2.57. The van der Waals surface area contributed by atoms with Crippen molar-refractivity contribution in [2.24, 2.45) is 35.5 Å². The predicted octanol–water partition coefficient (Wildman–Crippen LogP) is 4.55. The maximum Gasteiger partial charge on any atom is 0.163 e. The second-order valence-electron chi connectivity index (χ2n) is 11.6. The number of ether oxygens (including phenoxy) is 2. The quantitative estimate of drug-likeness (QED) is 0.583. The van der Waals surface area contributed by atoms with Crippen LogP contribution in [-0.4, -0.2) is 66.7 Å². The molecule has 9 atom stereocenters. The minimum Gasteiger partial charge on any atom is -0.379 e. The molecule has 0 radical (unpaired) electrons. The summed E-state index contributed by atoms with van der Waals surface area (Å²) in [5.74, 6) is 4.04. The molecular formula is C27H42N2O3S. The Morgan fingerprint density at radius 2 is 1.73 bits per heavy atom. The zero-order chi connectivity index (χ0) is 23.1. The molecule has 5 nitrogen and oxygen atoms in total. The van der Waals surface area contributed by atoms with Gasteiger partial charge in [0.25, 0.3) is 0 Å². The van der Waals surface area contributed by atoms with E-state index >= 15 is 0 Å². The number of piperidine rings is 1. The third-order valence-corrected chi connectivity index (χ3v) is 11.4. The number of hydrogen-bond donors (Lipinski definition) is 0. The van der Waals surface area contributed by atoms with Crippen LogP contribution in [0.15, 0.2) is 0 Å². The van der Waals surface area contributed by atoms with Crippen LogP contribution in [0.5, 0.6) is 0 Å². The highest BCUT2D eigenvalue weighted by atomic mass is 32.2. The van der Waals surface area contributed by atoms with Crippen LogP contribution in [0.1, 0.15) is 64.7 Å². The fraction of sp³-hybridized carbons (Fsp3) is 0.926. The van der Waals surface area contributed by atoms with Crippen LogP contribution in [0, 0.1) is 46.8 Å². The van der Waals surface area contributed by atoms with Crippen LogP contribution in [0.3, 0.4) is 0 Å². The molecule has 3 heterocycles. The van der Waals surface area contributed by atoms with Gasteiger partial charge in [0.05, 0.1) is 35.5 Å². The average Bonchev–Trinajstić information content (AvgIpc) is 3.49. The van der Waals surface area contributed by atoms with Crippen molar-refractivity contribution < 1.29 is 14.3 Å². The molecule has 5 rings (SSSR count). The number of ketones is 1. The molecule has 6 heteroatoms. The molecule has 184 valence electrons. The molecule has 2 saturated carbocycles. The van der Waals surface area contributed by atoms with Crippen LogP contribution in [0.25, 0.3) is 0 Å². The second kappa shape index (κ2) is 10.2. The maximum absolute atomic E-state index is 14.0. The molecule has 5 fully saturated rings. The van der Waals surface area contributed by atoms with Crippen LogP contribution < -0.4 is 0 Å². The molecule has 9 unspecified atom stereocenters. The maximum atomic E-state index is 14.0. The van der Waals surface area contributed by atoms with E-state index in [4.69, 9.17) is 9.47 Å². The van der Waals surface area contributed by atoms with Gasteiger partial charge in [0.1, 0.15) is 0 Å². The number of thioether (sulfide) groups is 1. The highest BCUT2D eigenvalue weighted by Gasteiger charge is 2.60. The Kier molecular flexibility index (Phi) is 7.43. The van der Waals surface area contributed by atoms with Crippen molar-refractivity contribution in [1.82, 2.24) is 4.90 Å². The van der Waals surface area contributed by atoms with Crippen molar-refractivity contribution in [3.63, 3.8) is 0 Å². The summed E-state index contributed by atoms with van der Waals surface area (Å²) < 4.78 is 11.7. The van der Waals surface area contributed by atoms with E-state index in [0.29, 0.717) is 23.5 Å². The number of Topliss-reactive ketones (excluding diaryl/α,β-unsaturated/α-hetero) is 1. The molecular weight excluding hydrogens is 432 g/mol. The summed E-state index contributed by atoms with van der Waals surface area (Å²) in [5, 5.41) is 10.7. The second-order valence-corrected chi connectivity index (χ2v) is 12.9. The largest absolute Gasteiger partial charge is 0.379 e. The van der Waals surface area contributed by atoms with Crippen molar-refractivity contribution >= 4 is 17.5 Å². The number of rotatable bonds is 5. The SMILES string of the molecule is COC1CC2CCN3C(C(=O)C4CCCS4)C(C4CCC(C)CC4)C(C#N)C3C2CC1OC. The highest BCUT2D eigenvalue weighted by Crippen LogP contribution is 2.54. The van der Waals surface area contributed by atoms with E-state index in [-0.39, 0.29) is 41.4 Å². The molecule has 3 saturated heterocycles. The Bertz CT molecular complexity index is 742. The van der Waals surface area contributed by atoms with E-state index in [9.17, 15) is 10.1 Å². The van der Waals surface area contributed by atoms with Crippen LogP contribution in [-0.2, 0) is 14.3 Å². The molecule has 0 N–H and O–H groups in total. The lowest BCUT2D eigenvalue weighted by atomic mass is 9.64. The summed E-state index contributed by atoms with van der Waals surface area (Å²) in [4.78, 5) is 16.6. The van der Waals surface area contributed by atoms with Gasteiger partial charge < -0.3 is 9.47 Å². The molecule has 0 aromatic rings. The first-order valence-corrected chi connectivity index (χ1v) is 14.5. The topological polar surface area (TPSA) is 62.6 Å². The lowest BCUT2D eigenvalue weighted by Gasteiger charge is -2.50. The first-order valence-electron chi connectivity index (χ1n) is 13.4. The van der Waals surface area contributed by atoms with Gasteiger partial charge in [0, 0.05) is 26.2 Å². The van der Waals surface area contributed by atoms with Gasteiger partial charge >= 0.3 is 0 Å². The van der Waals surface area contributed by atoms with E-state index < -0.39 is 0 Å². The van der Waals surface area contributed by atoms with Gasteiger partial charge in [-0.15, -0.1) is 0 Å².